The van der Waals surface area contributed by atoms with Crippen LogP contribution in [0.1, 0.15) is 102 Å². The lowest BCUT2D eigenvalue weighted by Gasteiger charge is -2.22. The van der Waals surface area contributed by atoms with E-state index in [1.54, 1.807) is 6.07 Å². The summed E-state index contributed by atoms with van der Waals surface area (Å²) in [6.07, 6.45) is 7.08. The van der Waals surface area contributed by atoms with E-state index in [4.69, 9.17) is 5.73 Å². The third-order valence-electron chi connectivity index (χ3n) is 8.92. The Hall–Kier alpha value is -5.88. The quantitative estimate of drug-likeness (QED) is 0.0777. The van der Waals surface area contributed by atoms with Gasteiger partial charge >= 0.3 is 0 Å². The number of nitrogens with zero attached hydrogens (tertiary/aromatic N) is 5. The monoisotopic (exact) mass is 856 g/mol. The van der Waals surface area contributed by atoms with Crippen LogP contribution in [0.5, 0.6) is 0 Å². The van der Waals surface area contributed by atoms with E-state index >= 15 is 0 Å². The van der Waals surface area contributed by atoms with Crippen LogP contribution in [0.3, 0.4) is 0 Å². The molecule has 6 aromatic rings. The number of anilines is 4. The van der Waals surface area contributed by atoms with Gasteiger partial charge in [-0.2, -0.15) is 10.2 Å². The number of carbonyl (C=O) groups excluding carboxylic acids is 4. The molecule has 0 aliphatic heterocycles. The summed E-state index contributed by atoms with van der Waals surface area (Å²) in [6.45, 7) is 3.79. The van der Waals surface area contributed by atoms with Crippen molar-refractivity contribution in [3.8, 4) is 0 Å². The van der Waals surface area contributed by atoms with E-state index in [9.17, 15) is 19.2 Å². The molecular weight excluding hydrogens is 824 g/mol. The molecule has 2 saturated carbocycles. The summed E-state index contributed by atoms with van der Waals surface area (Å²) in [4.78, 5) is 65.0. The lowest BCUT2D eigenvalue weighted by Crippen LogP contribution is -2.30. The molecule has 4 aromatic heterocycles. The van der Waals surface area contributed by atoms with Crippen LogP contribution in [0.25, 0.3) is 0 Å². The smallest absolute Gasteiger partial charge is 0.285 e. The molecule has 2 fully saturated rings. The average molecular weight is 859 g/mol. The first kappa shape index (κ1) is 36.5. The maximum Gasteiger partial charge on any atom is 0.285 e. The number of benzene rings is 2. The average Bonchev–Trinajstić information content (AvgIpc) is 3.89. The predicted molar refractivity (Wildman–Crippen MR) is 207 cm³/mol. The van der Waals surface area contributed by atoms with Crippen LogP contribution >= 0.6 is 31.9 Å². The first-order valence-corrected chi connectivity index (χ1v) is 18.5. The van der Waals surface area contributed by atoms with Crippen molar-refractivity contribution >= 4 is 78.5 Å². The third-order valence-corrected chi connectivity index (χ3v) is 9.91. The number of nitrogens with one attached hydrogen (secondary N) is 6. The van der Waals surface area contributed by atoms with Gasteiger partial charge in [0.25, 0.3) is 23.6 Å². The van der Waals surface area contributed by atoms with Crippen LogP contribution < -0.4 is 21.3 Å². The van der Waals surface area contributed by atoms with Crippen LogP contribution in [0.4, 0.5) is 23.0 Å². The molecule has 0 saturated heterocycles. The summed E-state index contributed by atoms with van der Waals surface area (Å²) in [6, 6.07) is 14.9. The Bertz CT molecular complexity index is 2390. The fourth-order valence-electron chi connectivity index (χ4n) is 5.69. The molecule has 2 aliphatic rings. The number of rotatable bonds is 10. The van der Waals surface area contributed by atoms with Crippen molar-refractivity contribution in [1.82, 2.24) is 40.3 Å². The van der Waals surface area contributed by atoms with Gasteiger partial charge in [-0.25, -0.2) is 9.97 Å². The summed E-state index contributed by atoms with van der Waals surface area (Å²) >= 11 is 6.83. The molecule has 2 aliphatic carbocycles. The van der Waals surface area contributed by atoms with Crippen LogP contribution in [0.15, 0.2) is 70.1 Å². The van der Waals surface area contributed by atoms with Crippen molar-refractivity contribution in [2.24, 2.45) is 5.73 Å². The van der Waals surface area contributed by atoms with Gasteiger partial charge in [0.1, 0.15) is 11.4 Å². The molecule has 4 heterocycles. The molecule has 0 bridgehead atoms. The topological polar surface area (TPSA) is 236 Å². The molecule has 18 heteroatoms. The van der Waals surface area contributed by atoms with Gasteiger partial charge in [-0.1, -0.05) is 44.0 Å². The van der Waals surface area contributed by atoms with Crippen molar-refractivity contribution in [3.05, 3.63) is 115 Å². The van der Waals surface area contributed by atoms with Crippen molar-refractivity contribution in [2.45, 2.75) is 51.4 Å². The molecular formula is C36H34Br2N12O4. The van der Waals surface area contributed by atoms with Crippen molar-refractivity contribution in [1.29, 1.82) is 0 Å². The number of H-pyrrole nitrogens is 4. The summed E-state index contributed by atoms with van der Waals surface area (Å²) in [5.74, 6) is -0.356. The maximum absolute atomic E-state index is 13.4. The van der Waals surface area contributed by atoms with Gasteiger partial charge in [0.15, 0.2) is 23.0 Å². The molecule has 0 spiro atoms. The van der Waals surface area contributed by atoms with Crippen molar-refractivity contribution < 1.29 is 19.2 Å². The number of primary amides is 1. The highest BCUT2D eigenvalue weighted by molar-refractivity contribution is 9.10. The zero-order valence-corrected chi connectivity index (χ0v) is 32.1. The van der Waals surface area contributed by atoms with Gasteiger partial charge in [0.2, 0.25) is 0 Å². The highest BCUT2D eigenvalue weighted by Crippen LogP contribution is 2.41. The Morgan fingerprint density at radius 3 is 2.04 bits per heavy atom. The van der Waals surface area contributed by atoms with Crippen LogP contribution in [0.2, 0.25) is 0 Å². The Labute approximate surface area is 324 Å². The standard InChI is InChI=1S/2C18H17BrN6O2/c1-9-2-5-11(19)6-13(9)25(14-7-12(23-24-14)10-3-4-10)18(27)16-15(17(20)26)21-8-22-16;1-9-2-5-11(19)6-12(9)22-17(26)15-16(21-8-20-15)18(27)23-14-7-13(24-25-14)10-3-4-10/h2,5-8,10H,3-4H2,1H3,(H2,20,26)(H,21,22)(H,23,24);2,5-8,10H,3-4H2,1H3,(H,20,21)(H,22,26)(H2,23,24,25,27). The Kier molecular flexibility index (Phi) is 10.3. The minimum Gasteiger partial charge on any atom is -0.364 e. The van der Waals surface area contributed by atoms with Crippen molar-refractivity contribution in [2.75, 3.05) is 15.5 Å². The van der Waals surface area contributed by atoms with E-state index in [2.05, 4.69) is 82.8 Å². The number of aromatic amines is 4. The fraction of sp³-hybridized carbons (Fsp3) is 0.222. The van der Waals surface area contributed by atoms with Crippen LogP contribution in [-0.4, -0.2) is 64.0 Å². The zero-order chi connectivity index (χ0) is 38.1. The van der Waals surface area contributed by atoms with Gasteiger partial charge in [0, 0.05) is 50.0 Å². The van der Waals surface area contributed by atoms with Crippen LogP contribution in [0, 0.1) is 13.8 Å². The van der Waals surface area contributed by atoms with Crippen LogP contribution in [-0.2, 0) is 0 Å². The second-order valence-corrected chi connectivity index (χ2v) is 14.8. The van der Waals surface area contributed by atoms with E-state index in [1.165, 1.54) is 17.6 Å². The summed E-state index contributed by atoms with van der Waals surface area (Å²) in [5, 5.41) is 19.8. The number of nitrogens with two attached hydrogens (primary N) is 1. The van der Waals surface area contributed by atoms with Gasteiger partial charge in [-0.15, -0.1) is 0 Å². The summed E-state index contributed by atoms with van der Waals surface area (Å²) in [7, 11) is 0. The first-order valence-electron chi connectivity index (χ1n) is 16.9. The molecule has 16 nitrogen and oxygen atoms in total. The normalized spacial score (nSPS) is 13.5. The molecule has 0 atom stereocenters. The van der Waals surface area contributed by atoms with Crippen molar-refractivity contribution in [3.63, 3.8) is 0 Å². The van der Waals surface area contributed by atoms with E-state index in [-0.39, 0.29) is 22.8 Å². The zero-order valence-electron chi connectivity index (χ0n) is 29.0. The first-order chi connectivity index (χ1) is 26.0. The Morgan fingerprint density at radius 2 is 1.35 bits per heavy atom. The minimum absolute atomic E-state index is 0.0103. The highest BCUT2D eigenvalue weighted by atomic mass is 79.9. The van der Waals surface area contributed by atoms with Gasteiger partial charge in [-0.05, 0) is 74.9 Å². The Morgan fingerprint density at radius 1 is 0.741 bits per heavy atom. The second-order valence-electron chi connectivity index (χ2n) is 13.0. The Balaban J connectivity index is 0.000000167. The number of hydrogen-bond donors (Lipinski definition) is 7. The largest absolute Gasteiger partial charge is 0.364 e. The lowest BCUT2D eigenvalue weighted by atomic mass is 10.1. The number of halogens is 2. The molecule has 4 amide bonds. The number of hydrogen-bond acceptors (Lipinski definition) is 8. The second kappa shape index (κ2) is 15.2. The molecule has 8 rings (SSSR count). The fourth-order valence-corrected chi connectivity index (χ4v) is 6.40. The molecule has 8 N–H and O–H groups in total. The van der Waals surface area contributed by atoms with Gasteiger partial charge in [0.05, 0.1) is 18.3 Å². The van der Waals surface area contributed by atoms with E-state index < -0.39 is 23.6 Å². The predicted octanol–water partition coefficient (Wildman–Crippen LogP) is 6.74. The highest BCUT2D eigenvalue weighted by Gasteiger charge is 2.32. The molecule has 0 unspecified atom stereocenters. The number of aryl methyl sites for hydroxylation is 2. The number of carbonyl (C=O) groups is 4. The van der Waals surface area contributed by atoms with E-state index in [1.807, 2.05) is 56.3 Å². The summed E-state index contributed by atoms with van der Waals surface area (Å²) in [5.41, 5.74) is 10.5. The number of aromatic nitrogens is 8. The SMILES string of the molecule is Cc1ccc(Br)cc1N(C(=O)c1nc[nH]c1C(N)=O)c1cc(C2CC2)[nH]n1.Cc1ccc(Br)cc1NC(=O)c1[nH]cnc1C(=O)Nc1cc(C2CC2)[nH]n1. The molecule has 2 aromatic carbocycles. The number of amides is 4. The molecule has 0 radical (unpaired) electrons. The molecule has 54 heavy (non-hydrogen) atoms. The van der Waals surface area contributed by atoms with Gasteiger partial charge in [-0.3, -0.25) is 34.3 Å². The summed E-state index contributed by atoms with van der Waals surface area (Å²) < 4.78 is 1.66. The minimum atomic E-state index is -0.748. The number of imidazole rings is 2. The third kappa shape index (κ3) is 8.03. The lowest BCUT2D eigenvalue weighted by molar-refractivity contribution is 0.0961. The molecule has 276 valence electrons. The van der Waals surface area contributed by atoms with Gasteiger partial charge < -0.3 is 26.3 Å². The maximum atomic E-state index is 13.4. The van der Waals surface area contributed by atoms with E-state index in [0.29, 0.717) is 34.8 Å². The van der Waals surface area contributed by atoms with E-state index in [0.717, 1.165) is 57.1 Å².